The summed E-state index contributed by atoms with van der Waals surface area (Å²) in [5.74, 6) is -3.35. The second-order valence-corrected chi connectivity index (χ2v) is 14.7. The Morgan fingerprint density at radius 2 is 1.46 bits per heavy atom. The molecule has 5 aliphatic rings. The third kappa shape index (κ3) is 8.54. The fourth-order valence-electron chi connectivity index (χ4n) is 7.88. The Kier molecular flexibility index (Phi) is 12.6. The maximum atomic E-state index is 13.4. The average molecular weight is 831 g/mol. The molecule has 3 saturated heterocycles. The fourth-order valence-corrected chi connectivity index (χ4v) is 7.88. The number of aromatic hydroxyl groups is 2. The van der Waals surface area contributed by atoms with Crippen molar-refractivity contribution >= 4 is 24.1 Å². The molecule has 0 amide bonds. The quantitative estimate of drug-likeness (QED) is 0.0698. The molecule has 0 bridgehead atoms. The van der Waals surface area contributed by atoms with Gasteiger partial charge in [-0.3, -0.25) is 0 Å². The summed E-state index contributed by atoms with van der Waals surface area (Å²) >= 11 is 0. The molecule has 1 aliphatic carbocycles. The van der Waals surface area contributed by atoms with Crippen LogP contribution in [0, 0.1) is 11.8 Å². The van der Waals surface area contributed by atoms with E-state index in [4.69, 9.17) is 42.6 Å². The van der Waals surface area contributed by atoms with Gasteiger partial charge in [0.1, 0.15) is 48.0 Å². The van der Waals surface area contributed by atoms with Gasteiger partial charge >= 0.3 is 11.9 Å². The third-order valence-electron chi connectivity index (χ3n) is 11.1. The number of hydrogen-bond donors (Lipinski definition) is 8. The van der Waals surface area contributed by atoms with Gasteiger partial charge in [0, 0.05) is 18.1 Å². The molecular formula is C40H46O19. The highest BCUT2D eigenvalue weighted by Crippen LogP contribution is 2.61. The van der Waals surface area contributed by atoms with Crippen molar-refractivity contribution in [3.8, 4) is 17.2 Å². The third-order valence-corrected chi connectivity index (χ3v) is 11.1. The molecular weight excluding hydrogens is 784 g/mol. The van der Waals surface area contributed by atoms with Crippen LogP contribution in [0.25, 0.3) is 12.2 Å². The molecule has 7 rings (SSSR count). The first-order chi connectivity index (χ1) is 28.3. The van der Waals surface area contributed by atoms with Gasteiger partial charge in [0.15, 0.2) is 36.3 Å². The van der Waals surface area contributed by atoms with E-state index in [0.717, 1.165) is 12.2 Å². The molecule has 0 radical (unpaired) electrons. The van der Waals surface area contributed by atoms with E-state index in [1.54, 1.807) is 18.2 Å². The van der Waals surface area contributed by atoms with Gasteiger partial charge in [0.25, 0.3) is 0 Å². The van der Waals surface area contributed by atoms with E-state index < -0.39 is 122 Å². The highest BCUT2D eigenvalue weighted by molar-refractivity contribution is 5.88. The lowest BCUT2D eigenvalue weighted by atomic mass is 9.85. The minimum absolute atomic E-state index is 0.0144. The molecule has 59 heavy (non-hydrogen) atoms. The van der Waals surface area contributed by atoms with Gasteiger partial charge in [-0.25, -0.2) is 9.59 Å². The van der Waals surface area contributed by atoms with E-state index in [2.05, 4.69) is 0 Å². The maximum absolute atomic E-state index is 13.4. The summed E-state index contributed by atoms with van der Waals surface area (Å²) in [5.41, 5.74) is -0.326. The molecule has 2 aromatic rings. The first-order valence-electron chi connectivity index (χ1n) is 18.8. The first kappa shape index (κ1) is 42.5. The summed E-state index contributed by atoms with van der Waals surface area (Å²) < 4.78 is 52.5. The van der Waals surface area contributed by atoms with Crippen LogP contribution in [0.5, 0.6) is 17.2 Å². The number of aliphatic hydroxyl groups is 6. The number of phenols is 2. The molecule has 4 heterocycles. The van der Waals surface area contributed by atoms with E-state index in [0.29, 0.717) is 11.1 Å². The molecule has 1 saturated carbocycles. The Hall–Kier alpha value is -4.64. The van der Waals surface area contributed by atoms with Crippen LogP contribution >= 0.6 is 0 Å². The summed E-state index contributed by atoms with van der Waals surface area (Å²) in [6.07, 6.45) is -10.5. The van der Waals surface area contributed by atoms with E-state index in [-0.39, 0.29) is 17.2 Å². The molecule has 19 nitrogen and oxygen atoms in total. The molecule has 16 atom stereocenters. The molecule has 19 heteroatoms. The number of esters is 2. The molecule has 4 aliphatic heterocycles. The zero-order chi connectivity index (χ0) is 42.2. The largest absolute Gasteiger partial charge is 0.508 e. The number of fused-ring (bicyclic) bond motifs is 3. The number of benzene rings is 2. The van der Waals surface area contributed by atoms with Gasteiger partial charge in [0.2, 0.25) is 6.29 Å². The van der Waals surface area contributed by atoms with Crippen molar-refractivity contribution in [1.82, 2.24) is 0 Å². The van der Waals surface area contributed by atoms with Crippen molar-refractivity contribution in [2.75, 3.05) is 20.3 Å². The Balaban J connectivity index is 1.14. The summed E-state index contributed by atoms with van der Waals surface area (Å²) in [5, 5.41) is 82.5. The predicted octanol–water partition coefficient (Wildman–Crippen LogP) is -0.790. The van der Waals surface area contributed by atoms with Crippen LogP contribution in [0.4, 0.5) is 0 Å². The van der Waals surface area contributed by atoms with Gasteiger partial charge in [-0.05, 0) is 60.5 Å². The van der Waals surface area contributed by atoms with E-state index in [9.17, 15) is 50.4 Å². The van der Waals surface area contributed by atoms with Crippen LogP contribution in [0.15, 0.2) is 67.0 Å². The first-order valence-corrected chi connectivity index (χ1v) is 18.8. The van der Waals surface area contributed by atoms with Gasteiger partial charge in [-0.1, -0.05) is 18.2 Å². The van der Waals surface area contributed by atoms with Crippen molar-refractivity contribution < 1.29 is 93.1 Å². The highest BCUT2D eigenvalue weighted by Gasteiger charge is 2.77. The fraction of sp³-hybridized carbons (Fsp3) is 0.500. The maximum Gasteiger partial charge on any atom is 0.331 e. The smallest absolute Gasteiger partial charge is 0.331 e. The number of ether oxygens (including phenoxy) is 9. The van der Waals surface area contributed by atoms with Crippen molar-refractivity contribution in [3.63, 3.8) is 0 Å². The van der Waals surface area contributed by atoms with Crippen LogP contribution in [0.2, 0.25) is 0 Å². The Morgan fingerprint density at radius 1 is 0.780 bits per heavy atom. The predicted molar refractivity (Wildman–Crippen MR) is 196 cm³/mol. The molecule has 0 spiro atoms. The van der Waals surface area contributed by atoms with Gasteiger partial charge in [-0.2, -0.15) is 0 Å². The molecule has 0 unspecified atom stereocenters. The van der Waals surface area contributed by atoms with Crippen molar-refractivity contribution in [3.05, 3.63) is 78.1 Å². The summed E-state index contributed by atoms with van der Waals surface area (Å²) in [6.45, 7) is 0.243. The van der Waals surface area contributed by atoms with Crippen LogP contribution in [-0.4, -0.2) is 159 Å². The number of phenolic OH excluding ortho intramolecular Hbond substituents is 2. The number of hydrogen-bond acceptors (Lipinski definition) is 19. The zero-order valence-corrected chi connectivity index (χ0v) is 31.6. The summed E-state index contributed by atoms with van der Waals surface area (Å²) in [7, 11) is 1.37. The monoisotopic (exact) mass is 830 g/mol. The van der Waals surface area contributed by atoms with Crippen molar-refractivity contribution in [1.29, 1.82) is 0 Å². The Morgan fingerprint density at radius 3 is 2.14 bits per heavy atom. The molecule has 0 aromatic heterocycles. The second kappa shape index (κ2) is 17.5. The lowest BCUT2D eigenvalue weighted by Gasteiger charge is -2.44. The van der Waals surface area contributed by atoms with Gasteiger partial charge < -0.3 is 83.5 Å². The van der Waals surface area contributed by atoms with Crippen molar-refractivity contribution in [2.24, 2.45) is 11.8 Å². The van der Waals surface area contributed by atoms with Crippen molar-refractivity contribution in [2.45, 2.75) is 92.4 Å². The molecule has 2 aromatic carbocycles. The minimum atomic E-state index is -1.75. The number of rotatable bonds is 13. The average Bonchev–Trinajstić information content (AvgIpc) is 3.91. The number of aliphatic hydroxyl groups excluding tert-OH is 6. The standard InChI is InChI=1S/C40H46O19/c1-18-29(47)34(55-26(45)12-7-20-5-10-23(44)24(15-20)51-2)35(56-27(46)11-6-19-3-8-21(43)9-4-19)39(53-18)57-33-22-13-14-52-37(28(22)40(17-42)36(33)59-40)58-38-32(50)31(49)30(48)25(16-41)54-38/h3-15,18,22,25,28-39,41-44,47-50H,16-17H2,1-2H3/t18-,22+,25+,28+,29-,30+,31-,32+,33-,34+,35+,36-,37-,38-,39-,40+/m0/s1. The summed E-state index contributed by atoms with van der Waals surface area (Å²) in [6, 6.07) is 10.3. The SMILES string of the molecule is COc1cc(C=CC(=O)O[C@@H]2[C@@H](O)[C@H](C)O[C@@H](O[C@H]3[C@@H]4C=CO[C@@H](O[C@@H]5O[C@H](CO)[C@@H](O)[C@H](O)[C@H]5O)[C@@H]4[C@@]4(CO)O[C@@H]34)[C@@H]2OC(=O)C=Cc2ccc(O)cc2)ccc1O. The second-order valence-electron chi connectivity index (χ2n) is 14.7. The Bertz CT molecular complexity index is 1900. The van der Waals surface area contributed by atoms with Crippen LogP contribution < -0.4 is 4.74 Å². The summed E-state index contributed by atoms with van der Waals surface area (Å²) in [4.78, 5) is 26.7. The van der Waals surface area contributed by atoms with Crippen LogP contribution in [0.3, 0.4) is 0 Å². The van der Waals surface area contributed by atoms with E-state index in [1.807, 2.05) is 0 Å². The normalized spacial score (nSPS) is 38.7. The zero-order valence-electron chi connectivity index (χ0n) is 31.6. The molecule has 8 N–H and O–H groups in total. The molecule has 320 valence electrons. The van der Waals surface area contributed by atoms with Gasteiger partial charge in [0.05, 0.1) is 44.7 Å². The number of epoxide rings is 1. The number of carbonyl (C=O) groups is 2. The van der Waals surface area contributed by atoms with Crippen LogP contribution in [0.1, 0.15) is 18.1 Å². The van der Waals surface area contributed by atoms with Crippen LogP contribution in [-0.2, 0) is 47.5 Å². The Labute approximate surface area is 336 Å². The van der Waals surface area contributed by atoms with Gasteiger partial charge in [-0.15, -0.1) is 0 Å². The minimum Gasteiger partial charge on any atom is -0.508 e. The lowest BCUT2D eigenvalue weighted by Crippen LogP contribution is -2.61. The topological polar surface area (TPSA) is 282 Å². The van der Waals surface area contributed by atoms with E-state index in [1.165, 1.54) is 62.8 Å². The molecule has 4 fully saturated rings. The lowest BCUT2D eigenvalue weighted by molar-refractivity contribution is -0.347. The number of methoxy groups -OCH3 is 1. The highest BCUT2D eigenvalue weighted by atomic mass is 16.8. The van der Waals surface area contributed by atoms with E-state index >= 15 is 0 Å². The number of carbonyl (C=O) groups excluding carboxylic acids is 2.